The smallest absolute Gasteiger partial charge is 0.256 e. The van der Waals surface area contributed by atoms with Crippen molar-refractivity contribution in [2.45, 2.75) is 25.8 Å². The summed E-state index contributed by atoms with van der Waals surface area (Å²) in [7, 11) is 1.90. The predicted molar refractivity (Wildman–Crippen MR) is 78.1 cm³/mol. The quantitative estimate of drug-likeness (QED) is 0.780. The minimum atomic E-state index is -0.0984. The first kappa shape index (κ1) is 13.5. The second-order valence-corrected chi connectivity index (χ2v) is 5.23. The highest BCUT2D eigenvalue weighted by atomic mass is 16.3. The Morgan fingerprint density at radius 3 is 3.10 bits per heavy atom. The van der Waals surface area contributed by atoms with Gasteiger partial charge < -0.3 is 14.3 Å². The van der Waals surface area contributed by atoms with Crippen molar-refractivity contribution in [3.05, 3.63) is 48.3 Å². The first-order chi connectivity index (χ1) is 10.1. The zero-order valence-corrected chi connectivity index (χ0v) is 12.1. The average molecular weight is 286 g/mol. The van der Waals surface area contributed by atoms with E-state index in [-0.39, 0.29) is 11.9 Å². The molecule has 0 saturated heterocycles. The summed E-state index contributed by atoms with van der Waals surface area (Å²) in [6, 6.07) is 3.88. The lowest BCUT2D eigenvalue weighted by molar-refractivity contribution is 0.0939. The van der Waals surface area contributed by atoms with Crippen LogP contribution in [0.5, 0.6) is 0 Å². The number of carbonyl (C=O) groups is 1. The number of amides is 1. The van der Waals surface area contributed by atoms with E-state index in [4.69, 9.17) is 4.42 Å². The normalized spacial score (nSPS) is 12.7. The maximum Gasteiger partial charge on any atom is 0.256 e. The highest BCUT2D eigenvalue weighted by molar-refractivity contribution is 5.99. The monoisotopic (exact) mass is 286 g/mol. The fraction of sp³-hybridized carbons (Fsp3) is 0.333. The number of nitrogens with zero attached hydrogens (tertiary/aromatic N) is 3. The number of aryl methyl sites for hydroxylation is 2. The molecule has 6 nitrogen and oxygen atoms in total. The van der Waals surface area contributed by atoms with Gasteiger partial charge in [0.15, 0.2) is 0 Å². The molecule has 0 aliphatic carbocycles. The maximum absolute atomic E-state index is 12.3. The minimum absolute atomic E-state index is 0.0674. The van der Waals surface area contributed by atoms with E-state index in [9.17, 15) is 4.79 Å². The highest BCUT2D eigenvalue weighted by Gasteiger charge is 2.17. The van der Waals surface area contributed by atoms with Gasteiger partial charge in [0.25, 0.3) is 5.91 Å². The number of hydrogen-bond acceptors (Lipinski definition) is 3. The van der Waals surface area contributed by atoms with E-state index in [1.807, 2.05) is 43.1 Å². The molecule has 0 unspecified atom stereocenters. The number of furan rings is 1. The van der Waals surface area contributed by atoms with Crippen LogP contribution in [0.2, 0.25) is 0 Å². The van der Waals surface area contributed by atoms with Crippen molar-refractivity contribution in [2.75, 3.05) is 0 Å². The molecule has 110 valence electrons. The number of imidazole rings is 1. The van der Waals surface area contributed by atoms with Gasteiger partial charge in [0.2, 0.25) is 0 Å². The molecule has 1 amide bonds. The van der Waals surface area contributed by atoms with Crippen LogP contribution in [0.3, 0.4) is 0 Å². The standard InChI is InChI=1S/C15H18N4O2/c1-11(5-6-12-4-3-9-21-12)17-14(20)13-10-16-19-8-7-18(2)15(13)19/h3-4,7-11H,5-6H2,1-2H3,(H,17,20)/t11-/m0/s1. The van der Waals surface area contributed by atoms with Crippen molar-refractivity contribution >= 4 is 11.6 Å². The third-order valence-corrected chi connectivity index (χ3v) is 3.56. The van der Waals surface area contributed by atoms with Crippen molar-refractivity contribution < 1.29 is 9.21 Å². The molecular formula is C15H18N4O2. The van der Waals surface area contributed by atoms with Crippen LogP contribution in [-0.2, 0) is 13.5 Å². The second-order valence-electron chi connectivity index (χ2n) is 5.23. The third kappa shape index (κ3) is 2.69. The van der Waals surface area contributed by atoms with Crippen LogP contribution in [0.25, 0.3) is 5.65 Å². The van der Waals surface area contributed by atoms with Crippen molar-refractivity contribution in [1.82, 2.24) is 19.5 Å². The van der Waals surface area contributed by atoms with Gasteiger partial charge >= 0.3 is 0 Å². The van der Waals surface area contributed by atoms with E-state index in [2.05, 4.69) is 10.4 Å². The molecule has 0 saturated carbocycles. The summed E-state index contributed by atoms with van der Waals surface area (Å²) in [5.41, 5.74) is 1.39. The summed E-state index contributed by atoms with van der Waals surface area (Å²) >= 11 is 0. The molecule has 3 heterocycles. The molecule has 0 spiro atoms. The fourth-order valence-electron chi connectivity index (χ4n) is 2.40. The average Bonchev–Trinajstić information content (AvgIpc) is 3.15. The molecule has 3 rings (SSSR count). The molecule has 0 radical (unpaired) electrons. The zero-order valence-electron chi connectivity index (χ0n) is 12.1. The van der Waals surface area contributed by atoms with E-state index in [0.717, 1.165) is 24.2 Å². The van der Waals surface area contributed by atoms with E-state index < -0.39 is 0 Å². The summed E-state index contributed by atoms with van der Waals surface area (Å²) in [5, 5.41) is 7.18. The molecule has 0 aliphatic heterocycles. The van der Waals surface area contributed by atoms with E-state index in [0.29, 0.717) is 5.56 Å². The van der Waals surface area contributed by atoms with E-state index in [1.165, 1.54) is 0 Å². The number of hydrogen-bond donors (Lipinski definition) is 1. The summed E-state index contributed by atoms with van der Waals surface area (Å²) in [6.07, 6.45) is 8.60. The molecule has 1 atom stereocenters. The van der Waals surface area contributed by atoms with Crippen molar-refractivity contribution in [2.24, 2.45) is 7.05 Å². The number of aromatic nitrogens is 3. The highest BCUT2D eigenvalue weighted by Crippen LogP contribution is 2.11. The third-order valence-electron chi connectivity index (χ3n) is 3.56. The molecule has 0 aromatic carbocycles. The Labute approximate surface area is 122 Å². The number of nitrogens with one attached hydrogen (secondary N) is 1. The largest absolute Gasteiger partial charge is 0.469 e. The van der Waals surface area contributed by atoms with Gasteiger partial charge in [0, 0.05) is 31.9 Å². The second kappa shape index (κ2) is 5.47. The molecule has 3 aromatic rings. The van der Waals surface area contributed by atoms with Crippen LogP contribution in [-0.4, -0.2) is 26.1 Å². The SMILES string of the molecule is C[C@@H](CCc1ccco1)NC(=O)c1cnn2ccn(C)c12. The molecule has 0 fully saturated rings. The number of carbonyl (C=O) groups excluding carboxylic acids is 1. The van der Waals surface area contributed by atoms with E-state index >= 15 is 0 Å². The van der Waals surface area contributed by atoms with Gasteiger partial charge in [-0.15, -0.1) is 0 Å². The Kier molecular flexibility index (Phi) is 3.51. The number of rotatable bonds is 5. The first-order valence-electron chi connectivity index (χ1n) is 6.97. The molecule has 0 aliphatic rings. The van der Waals surface area contributed by atoms with Crippen molar-refractivity contribution in [3.63, 3.8) is 0 Å². The van der Waals surface area contributed by atoms with Gasteiger partial charge in [0.1, 0.15) is 17.0 Å². The Hall–Kier alpha value is -2.50. The lowest BCUT2D eigenvalue weighted by Crippen LogP contribution is -2.33. The lowest BCUT2D eigenvalue weighted by Gasteiger charge is -2.12. The molecule has 6 heteroatoms. The van der Waals surface area contributed by atoms with Crippen LogP contribution in [0.4, 0.5) is 0 Å². The molecule has 3 aromatic heterocycles. The van der Waals surface area contributed by atoms with Gasteiger partial charge in [-0.1, -0.05) is 0 Å². The van der Waals surface area contributed by atoms with Crippen LogP contribution in [0.15, 0.2) is 41.4 Å². The van der Waals surface area contributed by atoms with Gasteiger partial charge in [-0.05, 0) is 25.5 Å². The van der Waals surface area contributed by atoms with Crippen molar-refractivity contribution in [1.29, 1.82) is 0 Å². The Balaban J connectivity index is 1.64. The molecular weight excluding hydrogens is 268 g/mol. The van der Waals surface area contributed by atoms with Crippen LogP contribution in [0, 0.1) is 0 Å². The maximum atomic E-state index is 12.3. The van der Waals surface area contributed by atoms with Crippen molar-refractivity contribution in [3.8, 4) is 0 Å². The lowest BCUT2D eigenvalue weighted by atomic mass is 10.1. The van der Waals surface area contributed by atoms with Crippen LogP contribution in [0.1, 0.15) is 29.5 Å². The zero-order chi connectivity index (χ0) is 14.8. The van der Waals surface area contributed by atoms with Crippen LogP contribution >= 0.6 is 0 Å². The van der Waals surface area contributed by atoms with Gasteiger partial charge in [0.05, 0.1) is 12.5 Å². The Bertz CT molecular complexity index is 739. The summed E-state index contributed by atoms with van der Waals surface area (Å²) in [6.45, 7) is 1.99. The van der Waals surface area contributed by atoms with Gasteiger partial charge in [-0.25, -0.2) is 4.52 Å². The Morgan fingerprint density at radius 1 is 1.48 bits per heavy atom. The minimum Gasteiger partial charge on any atom is -0.469 e. The fourth-order valence-corrected chi connectivity index (χ4v) is 2.40. The predicted octanol–water partition coefficient (Wildman–Crippen LogP) is 2.02. The summed E-state index contributed by atoms with van der Waals surface area (Å²) < 4.78 is 8.88. The van der Waals surface area contributed by atoms with Crippen LogP contribution < -0.4 is 5.32 Å². The van der Waals surface area contributed by atoms with Gasteiger partial charge in [-0.2, -0.15) is 5.10 Å². The Morgan fingerprint density at radius 2 is 2.33 bits per heavy atom. The number of fused-ring (bicyclic) bond motifs is 1. The van der Waals surface area contributed by atoms with E-state index in [1.54, 1.807) is 17.0 Å². The topological polar surface area (TPSA) is 64.5 Å². The first-order valence-corrected chi connectivity index (χ1v) is 6.97. The summed E-state index contributed by atoms with van der Waals surface area (Å²) in [4.78, 5) is 12.3. The molecule has 0 bridgehead atoms. The van der Waals surface area contributed by atoms with Gasteiger partial charge in [-0.3, -0.25) is 4.79 Å². The molecule has 1 N–H and O–H groups in total. The molecule has 21 heavy (non-hydrogen) atoms. The summed E-state index contributed by atoms with van der Waals surface area (Å²) in [5.74, 6) is 0.838.